The van der Waals surface area contributed by atoms with Gasteiger partial charge in [0.15, 0.2) is 11.5 Å². The summed E-state index contributed by atoms with van der Waals surface area (Å²) in [6.45, 7) is -2.23. The van der Waals surface area contributed by atoms with E-state index in [0.29, 0.717) is 17.9 Å². The SMILES string of the molecule is [2H]OC1([2H])C=C[C@@H]2[C@@]34CCN(C([2H])([2H])[2H])[C@]2([2H])Cc2ccc(OC)c(c23)OC14. The van der Waals surface area contributed by atoms with Crippen molar-refractivity contribution in [2.45, 2.75) is 36.5 Å². The topological polar surface area (TPSA) is 41.9 Å². The average Bonchev–Trinajstić information content (AvgIpc) is 2.97. The van der Waals surface area contributed by atoms with Crippen molar-refractivity contribution in [2.24, 2.45) is 5.92 Å². The van der Waals surface area contributed by atoms with Gasteiger partial charge in [0, 0.05) is 28.4 Å². The van der Waals surface area contributed by atoms with Crippen molar-refractivity contribution in [2.75, 3.05) is 20.6 Å². The van der Waals surface area contributed by atoms with Gasteiger partial charge in [0.05, 0.1) is 8.48 Å². The molecule has 2 bridgehead atoms. The molecule has 1 spiro atoms. The van der Waals surface area contributed by atoms with Crippen molar-refractivity contribution in [1.29, 1.82) is 1.43 Å². The summed E-state index contributed by atoms with van der Waals surface area (Å²) in [7, 11) is 1.54. The number of nitrogens with zero attached hydrogens (tertiary/aromatic N) is 1. The molecule has 2 aliphatic carbocycles. The van der Waals surface area contributed by atoms with E-state index in [9.17, 15) is 1.37 Å². The predicted octanol–water partition coefficient (Wildman–Crippen LogP) is 1.50. The number of likely N-dealkylation sites (N-methyl/N-ethyl adjacent to an activating group) is 1. The summed E-state index contributed by atoms with van der Waals surface area (Å²) in [5.41, 5.74) is 0.910. The third kappa shape index (κ3) is 1.28. The third-order valence-corrected chi connectivity index (χ3v) is 5.69. The van der Waals surface area contributed by atoms with E-state index in [2.05, 4.69) is 0 Å². The van der Waals surface area contributed by atoms with Crippen LogP contribution in [0, 0.1) is 5.92 Å². The second-order valence-electron chi connectivity index (χ2n) is 6.48. The molecule has 5 rings (SSSR count). The lowest BCUT2D eigenvalue weighted by molar-refractivity contribution is -0.0453. The highest BCUT2D eigenvalue weighted by molar-refractivity contribution is 5.62. The van der Waals surface area contributed by atoms with E-state index in [4.69, 9.17) is 21.5 Å². The Kier molecular flexibility index (Phi) is 1.54. The van der Waals surface area contributed by atoms with Crippen molar-refractivity contribution < 1.29 is 21.4 Å². The molecule has 0 saturated carbocycles. The van der Waals surface area contributed by atoms with Crippen LogP contribution in [0.4, 0.5) is 0 Å². The Balaban J connectivity index is 1.82. The first-order chi connectivity index (χ1) is 13.1. The van der Waals surface area contributed by atoms with Gasteiger partial charge >= 0.3 is 0 Å². The molecule has 5 atom stereocenters. The van der Waals surface area contributed by atoms with Crippen molar-refractivity contribution in [1.82, 2.24) is 4.90 Å². The number of ether oxygens (including phenoxy) is 2. The number of aliphatic hydroxyl groups is 1. The fourth-order valence-corrected chi connectivity index (χ4v) is 4.80. The van der Waals surface area contributed by atoms with Gasteiger partial charge in [0.2, 0.25) is 1.43 Å². The molecule has 2 unspecified atom stereocenters. The fourth-order valence-electron chi connectivity index (χ4n) is 4.80. The number of rotatable bonds is 2. The Bertz CT molecular complexity index is 891. The van der Waals surface area contributed by atoms with Gasteiger partial charge in [-0.2, -0.15) is 0 Å². The highest BCUT2D eigenvalue weighted by Gasteiger charge is 2.64. The standard InChI is InChI=1S/C18H21NO3/c1-19-8-7-18-11-4-5-13(20)17(18)22-16-14(21-2)6-3-10(15(16)18)9-12(11)19/h3-6,11-13,17,20H,7-9H2,1-2H3/t11-,12+,13?,17?,18-/m0/s1/i1D3,12D,13D,20D. The molecule has 1 aromatic carbocycles. The zero-order valence-electron chi connectivity index (χ0n) is 18.3. The highest BCUT2D eigenvalue weighted by atomic mass is 16.5. The molecular formula is C18H21NO3. The van der Waals surface area contributed by atoms with E-state index in [1.165, 1.54) is 11.0 Å². The van der Waals surface area contributed by atoms with Crippen LogP contribution in [-0.2, 0) is 11.8 Å². The van der Waals surface area contributed by atoms with Crippen molar-refractivity contribution in [3.8, 4) is 11.5 Å². The molecule has 116 valence electrons. The first kappa shape index (κ1) is 8.37. The van der Waals surface area contributed by atoms with Crippen LogP contribution in [0.3, 0.4) is 0 Å². The lowest BCUT2D eigenvalue weighted by atomic mass is 9.53. The van der Waals surface area contributed by atoms with Crippen LogP contribution in [0.2, 0.25) is 0 Å². The van der Waals surface area contributed by atoms with Gasteiger partial charge in [-0.3, -0.25) is 0 Å². The fraction of sp³-hybridized carbons (Fsp3) is 0.556. The van der Waals surface area contributed by atoms with Gasteiger partial charge in [-0.15, -0.1) is 0 Å². The second-order valence-corrected chi connectivity index (χ2v) is 6.48. The molecule has 1 aromatic rings. The minimum Gasteiger partial charge on any atom is -0.493 e. The van der Waals surface area contributed by atoms with Gasteiger partial charge in [-0.1, -0.05) is 18.2 Å². The first-order valence-electron chi connectivity index (χ1n) is 10.5. The van der Waals surface area contributed by atoms with Gasteiger partial charge in [0.25, 0.3) is 0 Å². The van der Waals surface area contributed by atoms with Crippen LogP contribution in [0.15, 0.2) is 24.3 Å². The Hall–Kier alpha value is -1.52. The minimum absolute atomic E-state index is 0.175. The summed E-state index contributed by atoms with van der Waals surface area (Å²) >= 11 is 0. The predicted molar refractivity (Wildman–Crippen MR) is 82.5 cm³/mol. The van der Waals surface area contributed by atoms with Crippen LogP contribution < -0.4 is 9.47 Å². The van der Waals surface area contributed by atoms with E-state index >= 15 is 0 Å². The van der Waals surface area contributed by atoms with E-state index in [-0.39, 0.29) is 13.0 Å². The van der Waals surface area contributed by atoms with Gasteiger partial charge < -0.3 is 19.5 Å². The van der Waals surface area contributed by atoms with Gasteiger partial charge in [0.1, 0.15) is 12.2 Å². The van der Waals surface area contributed by atoms with Crippen molar-refractivity contribution in [3.63, 3.8) is 0 Å². The molecule has 0 amide bonds. The summed E-state index contributed by atoms with van der Waals surface area (Å²) in [4.78, 5) is 1.29. The normalized spacial score (nSPS) is 52.2. The third-order valence-electron chi connectivity index (χ3n) is 5.69. The number of likely N-dealkylation sites (tertiary alicyclic amines) is 1. The van der Waals surface area contributed by atoms with Gasteiger partial charge in [-0.05, 0) is 38.0 Å². The molecule has 4 nitrogen and oxygen atoms in total. The molecule has 22 heavy (non-hydrogen) atoms. The molecule has 4 heteroatoms. The largest absolute Gasteiger partial charge is 0.493 e. The molecule has 0 radical (unpaired) electrons. The number of benzene rings is 1. The molecule has 4 aliphatic rings. The average molecular weight is 305 g/mol. The molecule has 1 saturated heterocycles. The molecule has 2 aliphatic heterocycles. The van der Waals surface area contributed by atoms with E-state index in [1.807, 2.05) is 6.07 Å². The Labute approximate surface area is 138 Å². The Morgan fingerprint density at radius 2 is 2.50 bits per heavy atom. The maximum absolute atomic E-state index is 9.29. The van der Waals surface area contributed by atoms with Crippen LogP contribution in [0.5, 0.6) is 11.5 Å². The Morgan fingerprint density at radius 1 is 1.55 bits per heavy atom. The molecule has 1 fully saturated rings. The number of hydrogen-bond acceptors (Lipinski definition) is 4. The number of piperidine rings is 1. The van der Waals surface area contributed by atoms with Crippen LogP contribution in [0.1, 0.15) is 24.4 Å². The smallest absolute Gasteiger partial charge is 0.211 e. The Morgan fingerprint density at radius 3 is 3.32 bits per heavy atom. The van der Waals surface area contributed by atoms with Crippen molar-refractivity contribution in [3.05, 3.63) is 35.4 Å². The zero-order valence-corrected chi connectivity index (χ0v) is 12.3. The monoisotopic (exact) mass is 305 g/mol. The summed E-state index contributed by atoms with van der Waals surface area (Å²) in [5, 5.41) is 4.80. The summed E-state index contributed by atoms with van der Waals surface area (Å²) in [5.74, 6) is 0.551. The summed E-state index contributed by atoms with van der Waals surface area (Å²) < 4.78 is 61.1. The van der Waals surface area contributed by atoms with Crippen LogP contribution >= 0.6 is 0 Å². The van der Waals surface area contributed by atoms with Crippen molar-refractivity contribution >= 4 is 0 Å². The summed E-state index contributed by atoms with van der Waals surface area (Å²) in [6, 6.07) is 2.20. The highest BCUT2D eigenvalue weighted by Crippen LogP contribution is 2.62. The van der Waals surface area contributed by atoms with Gasteiger partial charge in [-0.25, -0.2) is 0 Å². The van der Waals surface area contributed by atoms with E-state index in [0.717, 1.165) is 11.1 Å². The first-order valence-corrected chi connectivity index (χ1v) is 7.60. The lowest BCUT2D eigenvalue weighted by Crippen LogP contribution is -2.64. The quantitative estimate of drug-likeness (QED) is 0.841. The molecular weight excluding hydrogens is 278 g/mol. The molecule has 2 heterocycles. The lowest BCUT2D eigenvalue weighted by Gasteiger charge is -2.56. The maximum Gasteiger partial charge on any atom is 0.211 e. The molecule has 0 aromatic heterocycles. The van der Waals surface area contributed by atoms with Crippen LogP contribution in [-0.4, -0.2) is 50.3 Å². The zero-order chi connectivity index (χ0) is 20.1. The second kappa shape index (κ2) is 4.06. The van der Waals surface area contributed by atoms with Crippen LogP contribution in [0.25, 0.3) is 0 Å². The number of methoxy groups -OCH3 is 1. The minimum atomic E-state index is -2.40. The molecule has 1 N–H and O–H groups in total. The van der Waals surface area contributed by atoms with E-state index in [1.54, 1.807) is 19.3 Å². The summed E-state index contributed by atoms with van der Waals surface area (Å²) in [6.07, 6.45) is 1.15. The number of hydrogen-bond donors (Lipinski definition) is 1. The van der Waals surface area contributed by atoms with E-state index < -0.39 is 36.5 Å². The maximum atomic E-state index is 9.29.